The van der Waals surface area contributed by atoms with Crippen LogP contribution >= 0.6 is 0 Å². The summed E-state index contributed by atoms with van der Waals surface area (Å²) in [6.07, 6.45) is 8.83. The lowest BCUT2D eigenvalue weighted by molar-refractivity contribution is 0.250. The van der Waals surface area contributed by atoms with Crippen molar-refractivity contribution in [3.8, 4) is 0 Å². The highest BCUT2D eigenvalue weighted by Gasteiger charge is 2.33. The van der Waals surface area contributed by atoms with E-state index in [2.05, 4.69) is 36.2 Å². The molecule has 0 bridgehead atoms. The molecule has 0 radical (unpaired) electrons. The maximum Gasteiger partial charge on any atom is 0.0412 e. The monoisotopic (exact) mass is 272 g/mol. The molecule has 0 aromatic heterocycles. The third-order valence-corrected chi connectivity index (χ3v) is 5.40. The van der Waals surface area contributed by atoms with E-state index < -0.39 is 0 Å². The van der Waals surface area contributed by atoms with Crippen LogP contribution < -0.4 is 5.73 Å². The lowest BCUT2D eigenvalue weighted by Crippen LogP contribution is -2.40. The fraction of sp³-hybridized carbons (Fsp3) is 0.667. The lowest BCUT2D eigenvalue weighted by atomic mass is 9.73. The number of nitrogens with two attached hydrogens (primary N) is 1. The summed E-state index contributed by atoms with van der Waals surface area (Å²) in [6.45, 7) is 2.44. The van der Waals surface area contributed by atoms with Crippen LogP contribution in [-0.4, -0.2) is 25.0 Å². The van der Waals surface area contributed by atoms with Crippen LogP contribution in [0.15, 0.2) is 24.3 Å². The molecule has 1 aromatic carbocycles. The van der Waals surface area contributed by atoms with Crippen molar-refractivity contribution < 1.29 is 0 Å². The molecule has 0 atom stereocenters. The predicted molar refractivity (Wildman–Crippen MR) is 84.9 cm³/mol. The summed E-state index contributed by atoms with van der Waals surface area (Å²) in [5.74, 6) is 0.713. The van der Waals surface area contributed by atoms with E-state index in [0.29, 0.717) is 5.92 Å². The third-order valence-electron chi connectivity index (χ3n) is 5.40. The first-order valence-electron chi connectivity index (χ1n) is 8.26. The third kappa shape index (κ3) is 2.77. The SMILES string of the molecule is CN1CCC(c2ccccc2C2(N)CCCCC2)CC1. The number of benzene rings is 1. The van der Waals surface area contributed by atoms with Gasteiger partial charge in [0.25, 0.3) is 0 Å². The first kappa shape index (κ1) is 14.1. The smallest absolute Gasteiger partial charge is 0.0412 e. The van der Waals surface area contributed by atoms with Crippen LogP contribution in [0.3, 0.4) is 0 Å². The van der Waals surface area contributed by atoms with E-state index in [1.807, 2.05) is 0 Å². The molecular weight excluding hydrogens is 244 g/mol. The molecule has 0 spiro atoms. The fourth-order valence-corrected chi connectivity index (χ4v) is 4.08. The van der Waals surface area contributed by atoms with E-state index in [9.17, 15) is 0 Å². The molecule has 0 amide bonds. The Morgan fingerprint density at radius 2 is 1.70 bits per heavy atom. The summed E-state index contributed by atoms with van der Waals surface area (Å²) in [7, 11) is 2.23. The summed E-state index contributed by atoms with van der Waals surface area (Å²) in [5.41, 5.74) is 9.75. The molecule has 1 aliphatic carbocycles. The quantitative estimate of drug-likeness (QED) is 0.891. The van der Waals surface area contributed by atoms with E-state index in [1.54, 1.807) is 5.56 Å². The van der Waals surface area contributed by atoms with E-state index in [0.717, 1.165) is 12.8 Å². The zero-order valence-corrected chi connectivity index (χ0v) is 12.8. The van der Waals surface area contributed by atoms with Crippen molar-refractivity contribution >= 4 is 0 Å². The molecule has 1 aliphatic heterocycles. The topological polar surface area (TPSA) is 29.3 Å². The fourth-order valence-electron chi connectivity index (χ4n) is 4.08. The van der Waals surface area contributed by atoms with Gasteiger partial charge in [0.05, 0.1) is 0 Å². The van der Waals surface area contributed by atoms with Gasteiger partial charge in [0.15, 0.2) is 0 Å². The Bertz CT molecular complexity index is 440. The molecule has 3 rings (SSSR count). The Balaban J connectivity index is 1.88. The Kier molecular flexibility index (Phi) is 4.13. The van der Waals surface area contributed by atoms with Crippen LogP contribution in [0, 0.1) is 0 Å². The highest BCUT2D eigenvalue weighted by Crippen LogP contribution is 2.40. The predicted octanol–water partition coefficient (Wildman–Crippen LogP) is 3.61. The molecule has 2 aliphatic rings. The number of likely N-dealkylation sites (tertiary alicyclic amines) is 1. The Morgan fingerprint density at radius 1 is 1.05 bits per heavy atom. The lowest BCUT2D eigenvalue weighted by Gasteiger charge is -2.38. The van der Waals surface area contributed by atoms with Crippen molar-refractivity contribution in [3.63, 3.8) is 0 Å². The van der Waals surface area contributed by atoms with Crippen molar-refractivity contribution in [2.24, 2.45) is 5.73 Å². The van der Waals surface area contributed by atoms with Crippen molar-refractivity contribution in [2.75, 3.05) is 20.1 Å². The summed E-state index contributed by atoms with van der Waals surface area (Å²) in [4.78, 5) is 2.44. The van der Waals surface area contributed by atoms with Gasteiger partial charge in [-0.2, -0.15) is 0 Å². The van der Waals surface area contributed by atoms with Gasteiger partial charge < -0.3 is 10.6 Å². The van der Waals surface area contributed by atoms with Gasteiger partial charge in [-0.1, -0.05) is 43.5 Å². The van der Waals surface area contributed by atoms with Gasteiger partial charge in [-0.15, -0.1) is 0 Å². The molecule has 1 heterocycles. The Hall–Kier alpha value is -0.860. The minimum absolute atomic E-state index is 0.0573. The van der Waals surface area contributed by atoms with Crippen LogP contribution in [-0.2, 0) is 5.54 Å². The second-order valence-electron chi connectivity index (χ2n) is 6.88. The molecule has 0 unspecified atom stereocenters. The molecule has 2 fully saturated rings. The van der Waals surface area contributed by atoms with E-state index >= 15 is 0 Å². The average Bonchev–Trinajstić information content (AvgIpc) is 2.49. The summed E-state index contributed by atoms with van der Waals surface area (Å²) >= 11 is 0. The van der Waals surface area contributed by atoms with Gasteiger partial charge in [-0.25, -0.2) is 0 Å². The highest BCUT2D eigenvalue weighted by molar-refractivity contribution is 5.37. The summed E-state index contributed by atoms with van der Waals surface area (Å²) < 4.78 is 0. The van der Waals surface area contributed by atoms with Crippen LogP contribution in [0.4, 0.5) is 0 Å². The van der Waals surface area contributed by atoms with Gasteiger partial charge in [-0.05, 0) is 62.9 Å². The zero-order chi connectivity index (χ0) is 14.0. The normalized spacial score (nSPS) is 24.7. The number of hydrogen-bond acceptors (Lipinski definition) is 2. The van der Waals surface area contributed by atoms with Crippen molar-refractivity contribution in [1.82, 2.24) is 4.90 Å². The van der Waals surface area contributed by atoms with Gasteiger partial charge in [0.1, 0.15) is 0 Å². The Morgan fingerprint density at radius 3 is 2.40 bits per heavy atom. The number of piperidine rings is 1. The Labute approximate surface area is 123 Å². The van der Waals surface area contributed by atoms with Crippen LogP contribution in [0.1, 0.15) is 62.0 Å². The molecule has 2 N–H and O–H groups in total. The van der Waals surface area contributed by atoms with Gasteiger partial charge in [0, 0.05) is 5.54 Å². The number of nitrogens with zero attached hydrogens (tertiary/aromatic N) is 1. The highest BCUT2D eigenvalue weighted by atomic mass is 15.1. The maximum atomic E-state index is 6.80. The van der Waals surface area contributed by atoms with E-state index in [1.165, 1.54) is 50.8 Å². The van der Waals surface area contributed by atoms with E-state index in [4.69, 9.17) is 5.73 Å². The van der Waals surface area contributed by atoms with Crippen LogP contribution in [0.5, 0.6) is 0 Å². The second kappa shape index (κ2) is 5.87. The minimum atomic E-state index is -0.0573. The molecule has 1 aromatic rings. The number of hydrogen-bond donors (Lipinski definition) is 1. The first-order chi connectivity index (χ1) is 9.69. The molecule has 1 saturated heterocycles. The molecular formula is C18H28N2. The standard InChI is InChI=1S/C18H28N2/c1-20-13-9-15(10-14-20)16-7-3-4-8-17(16)18(19)11-5-2-6-12-18/h3-4,7-8,15H,2,5-6,9-14,19H2,1H3. The van der Waals surface area contributed by atoms with E-state index in [-0.39, 0.29) is 5.54 Å². The molecule has 2 nitrogen and oxygen atoms in total. The van der Waals surface area contributed by atoms with Crippen LogP contribution in [0.2, 0.25) is 0 Å². The van der Waals surface area contributed by atoms with Crippen LogP contribution in [0.25, 0.3) is 0 Å². The molecule has 110 valence electrons. The van der Waals surface area contributed by atoms with Crippen molar-refractivity contribution in [2.45, 2.75) is 56.4 Å². The van der Waals surface area contributed by atoms with Crippen molar-refractivity contribution in [1.29, 1.82) is 0 Å². The second-order valence-corrected chi connectivity index (χ2v) is 6.88. The van der Waals surface area contributed by atoms with Gasteiger partial charge in [-0.3, -0.25) is 0 Å². The largest absolute Gasteiger partial charge is 0.321 e. The van der Waals surface area contributed by atoms with Crippen molar-refractivity contribution in [3.05, 3.63) is 35.4 Å². The maximum absolute atomic E-state index is 6.80. The first-order valence-corrected chi connectivity index (χ1v) is 8.26. The molecule has 20 heavy (non-hydrogen) atoms. The average molecular weight is 272 g/mol. The summed E-state index contributed by atoms with van der Waals surface area (Å²) in [6, 6.07) is 9.02. The molecule has 2 heteroatoms. The zero-order valence-electron chi connectivity index (χ0n) is 12.8. The number of rotatable bonds is 2. The van der Waals surface area contributed by atoms with Gasteiger partial charge in [0.2, 0.25) is 0 Å². The molecule has 1 saturated carbocycles. The van der Waals surface area contributed by atoms with Gasteiger partial charge >= 0.3 is 0 Å². The minimum Gasteiger partial charge on any atom is -0.321 e. The summed E-state index contributed by atoms with van der Waals surface area (Å²) in [5, 5.41) is 0.